The van der Waals surface area contributed by atoms with Gasteiger partial charge in [0.25, 0.3) is 0 Å². The highest BCUT2D eigenvalue weighted by Gasteiger charge is 2.26. The number of aromatic nitrogens is 2. The normalized spacial score (nSPS) is 16.1. The summed E-state index contributed by atoms with van der Waals surface area (Å²) in [5.41, 5.74) is 2.97. The van der Waals surface area contributed by atoms with Crippen molar-refractivity contribution < 1.29 is 4.79 Å². The maximum Gasteiger partial charge on any atom is 0.228 e. The zero-order valence-electron chi connectivity index (χ0n) is 15.7. The number of nitrogens with one attached hydrogen (secondary N) is 1. The summed E-state index contributed by atoms with van der Waals surface area (Å²) < 4.78 is 0. The number of likely N-dealkylation sites (tertiary alicyclic amines) is 1. The van der Waals surface area contributed by atoms with Crippen molar-refractivity contribution in [3.63, 3.8) is 0 Å². The summed E-state index contributed by atoms with van der Waals surface area (Å²) in [6, 6.07) is 8.77. The maximum atomic E-state index is 12.7. The molecular weight excluding hydrogens is 356 g/mol. The Bertz CT molecular complexity index is 931. The Hall–Kier alpha value is -2.31. The molecule has 6 heteroatoms. The number of fused-ring (bicyclic) bond motifs is 1. The summed E-state index contributed by atoms with van der Waals surface area (Å²) in [5, 5.41) is 5.16. The number of nitrogens with zero attached hydrogens (tertiary/aromatic N) is 3. The van der Waals surface area contributed by atoms with Crippen LogP contribution >= 0.6 is 11.3 Å². The van der Waals surface area contributed by atoms with Gasteiger partial charge >= 0.3 is 0 Å². The molecule has 0 atom stereocenters. The number of hydrogen-bond acceptors (Lipinski definition) is 5. The highest BCUT2D eigenvalue weighted by Crippen LogP contribution is 2.28. The number of thiazole rings is 1. The van der Waals surface area contributed by atoms with Gasteiger partial charge in [-0.3, -0.25) is 9.78 Å². The van der Waals surface area contributed by atoms with Crippen molar-refractivity contribution in [3.8, 4) is 10.4 Å². The summed E-state index contributed by atoms with van der Waals surface area (Å²) >= 11 is 1.62. The van der Waals surface area contributed by atoms with Gasteiger partial charge in [0.15, 0.2) is 0 Å². The molecule has 1 aliphatic rings. The van der Waals surface area contributed by atoms with Crippen LogP contribution in [0.5, 0.6) is 0 Å². The van der Waals surface area contributed by atoms with Crippen molar-refractivity contribution in [1.29, 1.82) is 0 Å². The summed E-state index contributed by atoms with van der Waals surface area (Å²) in [6.45, 7) is 6.39. The van der Waals surface area contributed by atoms with E-state index in [1.54, 1.807) is 11.3 Å². The van der Waals surface area contributed by atoms with Crippen LogP contribution in [0.1, 0.15) is 26.7 Å². The minimum absolute atomic E-state index is 0.0704. The summed E-state index contributed by atoms with van der Waals surface area (Å²) in [6.07, 6.45) is 5.52. The number of carbonyl (C=O) groups is 1. The molecule has 1 amide bonds. The fourth-order valence-electron chi connectivity index (χ4n) is 3.63. The number of rotatable bonds is 4. The van der Waals surface area contributed by atoms with Crippen LogP contribution in [-0.4, -0.2) is 39.9 Å². The Kier molecular flexibility index (Phi) is 5.18. The van der Waals surface area contributed by atoms with E-state index in [1.807, 2.05) is 24.0 Å². The van der Waals surface area contributed by atoms with E-state index >= 15 is 0 Å². The van der Waals surface area contributed by atoms with Crippen LogP contribution in [0.2, 0.25) is 0 Å². The molecule has 0 bridgehead atoms. The maximum absolute atomic E-state index is 12.7. The minimum Gasteiger partial charge on any atom is -0.310 e. The van der Waals surface area contributed by atoms with Crippen LogP contribution in [-0.2, 0) is 4.79 Å². The molecule has 0 radical (unpaired) electrons. The molecule has 5 nitrogen and oxygen atoms in total. The van der Waals surface area contributed by atoms with E-state index in [0.717, 1.165) is 47.1 Å². The Morgan fingerprint density at radius 2 is 2.00 bits per heavy atom. The van der Waals surface area contributed by atoms with Gasteiger partial charge in [0.1, 0.15) is 5.82 Å². The van der Waals surface area contributed by atoms with Crippen LogP contribution in [0, 0.1) is 5.92 Å². The van der Waals surface area contributed by atoms with Gasteiger partial charge in [-0.05, 0) is 62.9 Å². The predicted octanol–water partition coefficient (Wildman–Crippen LogP) is 4.42. The van der Waals surface area contributed by atoms with Gasteiger partial charge in [0.2, 0.25) is 5.91 Å². The molecule has 0 unspecified atom stereocenters. The fraction of sp³-hybridized carbons (Fsp3) is 0.381. The molecule has 1 aromatic carbocycles. The number of hydrogen-bond donors (Lipinski definition) is 1. The van der Waals surface area contributed by atoms with Crippen molar-refractivity contribution in [3.05, 3.63) is 42.2 Å². The molecule has 1 N–H and O–H groups in total. The molecule has 3 aromatic rings. The van der Waals surface area contributed by atoms with Gasteiger partial charge in [-0.25, -0.2) is 4.98 Å². The Balaban J connectivity index is 1.48. The molecule has 0 spiro atoms. The molecule has 0 saturated carbocycles. The first kappa shape index (κ1) is 18.1. The zero-order valence-corrected chi connectivity index (χ0v) is 16.5. The first-order chi connectivity index (χ1) is 13.1. The van der Waals surface area contributed by atoms with Gasteiger partial charge < -0.3 is 10.2 Å². The third-order valence-corrected chi connectivity index (χ3v) is 6.14. The molecule has 27 heavy (non-hydrogen) atoms. The SMILES string of the molecule is CC(C)N1CCC(C(=O)Nc2cc3cc(-c4cncs4)ccc3cn2)CC1. The average Bonchev–Trinajstić information content (AvgIpc) is 3.22. The second-order valence-corrected chi connectivity index (χ2v) is 8.28. The van der Waals surface area contributed by atoms with Crippen molar-refractivity contribution in [1.82, 2.24) is 14.9 Å². The van der Waals surface area contributed by atoms with Crippen molar-refractivity contribution in [2.45, 2.75) is 32.7 Å². The molecule has 3 heterocycles. The van der Waals surface area contributed by atoms with Crippen LogP contribution in [0.15, 0.2) is 42.2 Å². The lowest BCUT2D eigenvalue weighted by atomic mass is 9.95. The van der Waals surface area contributed by atoms with Crippen LogP contribution in [0.4, 0.5) is 5.82 Å². The third-order valence-electron chi connectivity index (χ3n) is 5.32. The second kappa shape index (κ2) is 7.74. The number of amides is 1. The molecule has 1 fully saturated rings. The molecule has 140 valence electrons. The molecule has 2 aromatic heterocycles. The lowest BCUT2D eigenvalue weighted by molar-refractivity contribution is -0.121. The molecule has 0 aliphatic carbocycles. The van der Waals surface area contributed by atoms with Crippen LogP contribution in [0.3, 0.4) is 0 Å². The van der Waals surface area contributed by atoms with E-state index in [2.05, 4.69) is 52.2 Å². The fourth-order valence-corrected chi connectivity index (χ4v) is 4.25. The first-order valence-electron chi connectivity index (χ1n) is 9.44. The first-order valence-corrected chi connectivity index (χ1v) is 10.3. The van der Waals surface area contributed by atoms with E-state index in [9.17, 15) is 4.79 Å². The van der Waals surface area contributed by atoms with Gasteiger partial charge in [-0.2, -0.15) is 0 Å². The molecule has 1 aliphatic heterocycles. The average molecular weight is 381 g/mol. The van der Waals surface area contributed by atoms with Crippen LogP contribution < -0.4 is 5.32 Å². The molecule has 4 rings (SSSR count). The van der Waals surface area contributed by atoms with Crippen LogP contribution in [0.25, 0.3) is 21.2 Å². The molecule has 1 saturated heterocycles. The topological polar surface area (TPSA) is 58.1 Å². The quantitative estimate of drug-likeness (QED) is 0.728. The Morgan fingerprint density at radius 3 is 2.70 bits per heavy atom. The largest absolute Gasteiger partial charge is 0.310 e. The standard InChI is InChI=1S/C21H24N4OS/c1-14(2)25-7-5-15(6-8-25)21(26)24-20-10-18-9-16(19-12-22-13-27-19)3-4-17(18)11-23-20/h3-4,9-15H,5-8H2,1-2H3,(H,23,24,26). The number of carbonyl (C=O) groups excluding carboxylic acids is 1. The number of benzene rings is 1. The van der Waals surface area contributed by atoms with Gasteiger partial charge in [-0.1, -0.05) is 12.1 Å². The lowest BCUT2D eigenvalue weighted by Crippen LogP contribution is -2.41. The van der Waals surface area contributed by atoms with E-state index in [1.165, 1.54) is 0 Å². The Labute approximate surface area is 163 Å². The predicted molar refractivity (Wildman–Crippen MR) is 111 cm³/mol. The summed E-state index contributed by atoms with van der Waals surface area (Å²) in [4.78, 5) is 24.8. The Morgan fingerprint density at radius 1 is 1.19 bits per heavy atom. The third kappa shape index (κ3) is 4.01. The molecular formula is C21H24N4OS. The smallest absolute Gasteiger partial charge is 0.228 e. The number of pyridine rings is 1. The monoisotopic (exact) mass is 380 g/mol. The van der Waals surface area contributed by atoms with E-state index in [0.29, 0.717) is 11.9 Å². The van der Waals surface area contributed by atoms with Gasteiger partial charge in [0, 0.05) is 29.7 Å². The van der Waals surface area contributed by atoms with Gasteiger partial charge in [-0.15, -0.1) is 11.3 Å². The van der Waals surface area contributed by atoms with Crippen molar-refractivity contribution in [2.24, 2.45) is 5.92 Å². The lowest BCUT2D eigenvalue weighted by Gasteiger charge is -2.33. The van der Waals surface area contributed by atoms with Crippen molar-refractivity contribution >= 4 is 33.8 Å². The zero-order chi connectivity index (χ0) is 18.8. The summed E-state index contributed by atoms with van der Waals surface area (Å²) in [5.74, 6) is 0.783. The minimum atomic E-state index is 0.0704. The van der Waals surface area contributed by atoms with E-state index in [4.69, 9.17) is 0 Å². The number of piperidine rings is 1. The highest BCUT2D eigenvalue weighted by atomic mass is 32.1. The van der Waals surface area contributed by atoms with E-state index < -0.39 is 0 Å². The van der Waals surface area contributed by atoms with Gasteiger partial charge in [0.05, 0.1) is 10.4 Å². The van der Waals surface area contributed by atoms with E-state index in [-0.39, 0.29) is 11.8 Å². The second-order valence-electron chi connectivity index (χ2n) is 7.39. The van der Waals surface area contributed by atoms with Crippen molar-refractivity contribution in [2.75, 3.05) is 18.4 Å². The summed E-state index contributed by atoms with van der Waals surface area (Å²) in [7, 11) is 0. The highest BCUT2D eigenvalue weighted by molar-refractivity contribution is 7.13. The number of anilines is 1.